The highest BCUT2D eigenvalue weighted by molar-refractivity contribution is 5.63. The lowest BCUT2D eigenvalue weighted by molar-refractivity contribution is 0.309. The molecule has 1 aliphatic rings. The normalized spacial score (nSPS) is 19.4. The van der Waals surface area contributed by atoms with Crippen molar-refractivity contribution >= 4 is 5.69 Å². The molecule has 132 valence electrons. The Morgan fingerprint density at radius 3 is 2.04 bits per heavy atom. The second kappa shape index (κ2) is 6.32. The lowest BCUT2D eigenvalue weighted by atomic mass is 9.70. The fraction of sp³-hybridized carbons (Fsp3) is 0.280. The Balaban J connectivity index is 1.82. The molecule has 0 radical (unpaired) electrons. The molecular formula is C25H27N. The number of benzene rings is 3. The van der Waals surface area contributed by atoms with Gasteiger partial charge >= 0.3 is 0 Å². The second-order valence-electron chi connectivity index (χ2n) is 8.19. The molecule has 0 aliphatic carbocycles. The largest absolute Gasteiger partial charge is 0.364 e. The summed E-state index contributed by atoms with van der Waals surface area (Å²) >= 11 is 0. The van der Waals surface area contributed by atoms with E-state index >= 15 is 0 Å². The van der Waals surface area contributed by atoms with Crippen LogP contribution in [0.15, 0.2) is 84.9 Å². The molecule has 0 bridgehead atoms. The third-order valence-electron chi connectivity index (χ3n) is 6.08. The van der Waals surface area contributed by atoms with Crippen LogP contribution in [0, 0.1) is 0 Å². The van der Waals surface area contributed by atoms with Gasteiger partial charge in [0.05, 0.1) is 5.54 Å². The van der Waals surface area contributed by atoms with Gasteiger partial charge in [0.2, 0.25) is 0 Å². The average Bonchev–Trinajstić information content (AvgIpc) is 2.96. The van der Waals surface area contributed by atoms with Gasteiger partial charge in [-0.05, 0) is 34.6 Å². The quantitative estimate of drug-likeness (QED) is 0.567. The predicted octanol–water partition coefficient (Wildman–Crippen LogP) is 5.94. The molecule has 1 atom stereocenters. The van der Waals surface area contributed by atoms with Gasteiger partial charge < -0.3 is 4.90 Å². The highest BCUT2D eigenvalue weighted by atomic mass is 15.2. The maximum atomic E-state index is 2.52. The lowest BCUT2D eigenvalue weighted by Crippen LogP contribution is -2.46. The molecule has 1 unspecified atom stereocenters. The number of likely N-dealkylation sites (N-methyl/N-ethyl adjacent to an activating group) is 1. The molecular weight excluding hydrogens is 314 g/mol. The minimum Gasteiger partial charge on any atom is -0.364 e. The van der Waals surface area contributed by atoms with Crippen LogP contribution < -0.4 is 4.90 Å². The van der Waals surface area contributed by atoms with Crippen LogP contribution >= 0.6 is 0 Å². The van der Waals surface area contributed by atoms with Gasteiger partial charge in [0.1, 0.15) is 0 Å². The topological polar surface area (TPSA) is 3.24 Å². The first-order valence-electron chi connectivity index (χ1n) is 9.46. The van der Waals surface area contributed by atoms with Gasteiger partial charge in [-0.2, -0.15) is 0 Å². The maximum Gasteiger partial charge on any atom is 0.0699 e. The van der Waals surface area contributed by atoms with Crippen LogP contribution in [0.2, 0.25) is 0 Å². The number of hydrogen-bond donors (Lipinski definition) is 0. The SMILES string of the molecule is CN1c2ccccc2CC1(CC(C)(C)c1ccccc1)c1ccccc1. The molecule has 1 heteroatoms. The summed E-state index contributed by atoms with van der Waals surface area (Å²) in [5.41, 5.74) is 5.67. The standard InChI is InChI=1S/C25H27N/c1-24(2,21-13-6-4-7-14-21)19-25(22-15-8-5-9-16-22)18-20-12-10-11-17-23(20)26(25)3/h4-17H,18-19H2,1-3H3. The van der Waals surface area contributed by atoms with Gasteiger partial charge in [-0.3, -0.25) is 0 Å². The Bertz CT molecular complexity index is 882. The fourth-order valence-electron chi connectivity index (χ4n) is 4.70. The van der Waals surface area contributed by atoms with Gasteiger partial charge in [-0.15, -0.1) is 0 Å². The third-order valence-corrected chi connectivity index (χ3v) is 6.08. The van der Waals surface area contributed by atoms with E-state index in [0.29, 0.717) is 0 Å². The fourth-order valence-corrected chi connectivity index (χ4v) is 4.70. The molecule has 0 aromatic heterocycles. The first kappa shape index (κ1) is 16.9. The minimum absolute atomic E-state index is 0.0235. The van der Waals surface area contributed by atoms with E-state index in [-0.39, 0.29) is 11.0 Å². The third kappa shape index (κ3) is 2.72. The summed E-state index contributed by atoms with van der Waals surface area (Å²) in [6, 6.07) is 30.8. The smallest absolute Gasteiger partial charge is 0.0699 e. The zero-order valence-electron chi connectivity index (χ0n) is 15.9. The second-order valence-corrected chi connectivity index (χ2v) is 8.19. The van der Waals surface area contributed by atoms with Crippen molar-refractivity contribution in [2.75, 3.05) is 11.9 Å². The van der Waals surface area contributed by atoms with Crippen LogP contribution in [-0.2, 0) is 17.4 Å². The molecule has 0 N–H and O–H groups in total. The van der Waals surface area contributed by atoms with Crippen LogP contribution in [0.5, 0.6) is 0 Å². The van der Waals surface area contributed by atoms with Crippen LogP contribution in [0.4, 0.5) is 5.69 Å². The van der Waals surface area contributed by atoms with Crippen molar-refractivity contribution in [3.05, 3.63) is 102 Å². The molecule has 4 rings (SSSR count). The first-order chi connectivity index (χ1) is 12.5. The Labute approximate surface area is 157 Å². The van der Waals surface area contributed by atoms with E-state index in [1.807, 2.05) is 0 Å². The molecule has 26 heavy (non-hydrogen) atoms. The zero-order valence-corrected chi connectivity index (χ0v) is 15.9. The van der Waals surface area contributed by atoms with Crippen molar-refractivity contribution in [2.45, 2.75) is 37.6 Å². The average molecular weight is 341 g/mol. The Morgan fingerprint density at radius 1 is 0.808 bits per heavy atom. The Kier molecular flexibility index (Phi) is 4.11. The predicted molar refractivity (Wildman–Crippen MR) is 111 cm³/mol. The van der Waals surface area contributed by atoms with Crippen molar-refractivity contribution in [1.29, 1.82) is 0 Å². The molecule has 1 aliphatic heterocycles. The van der Waals surface area contributed by atoms with Gasteiger partial charge in [-0.1, -0.05) is 92.7 Å². The molecule has 0 amide bonds. The van der Waals surface area contributed by atoms with E-state index < -0.39 is 0 Å². The molecule has 1 nitrogen and oxygen atoms in total. The molecule has 0 fully saturated rings. The van der Waals surface area contributed by atoms with Crippen LogP contribution in [0.1, 0.15) is 37.0 Å². The zero-order chi connectivity index (χ0) is 18.2. The summed E-state index contributed by atoms with van der Waals surface area (Å²) in [7, 11) is 2.26. The molecule has 0 spiro atoms. The van der Waals surface area contributed by atoms with Gasteiger partial charge in [0.25, 0.3) is 0 Å². The van der Waals surface area contributed by atoms with Crippen molar-refractivity contribution in [3.8, 4) is 0 Å². The van der Waals surface area contributed by atoms with Crippen LogP contribution in [0.25, 0.3) is 0 Å². The Hall–Kier alpha value is -2.54. The molecule has 3 aromatic carbocycles. The molecule has 3 aromatic rings. The minimum atomic E-state index is -0.0235. The van der Waals surface area contributed by atoms with E-state index in [9.17, 15) is 0 Å². The summed E-state index contributed by atoms with van der Waals surface area (Å²) in [5.74, 6) is 0. The van der Waals surface area contributed by atoms with Crippen molar-refractivity contribution in [1.82, 2.24) is 0 Å². The summed E-state index contributed by atoms with van der Waals surface area (Å²) < 4.78 is 0. The number of fused-ring (bicyclic) bond motifs is 1. The maximum absolute atomic E-state index is 2.52. The highest BCUT2D eigenvalue weighted by Crippen LogP contribution is 2.50. The number of rotatable bonds is 4. The number of nitrogens with zero attached hydrogens (tertiary/aromatic N) is 1. The van der Waals surface area contributed by atoms with E-state index in [1.165, 1.54) is 22.4 Å². The van der Waals surface area contributed by atoms with E-state index in [4.69, 9.17) is 0 Å². The van der Waals surface area contributed by atoms with Crippen molar-refractivity contribution < 1.29 is 0 Å². The molecule has 1 heterocycles. The molecule has 0 saturated heterocycles. The first-order valence-corrected chi connectivity index (χ1v) is 9.46. The summed E-state index contributed by atoms with van der Waals surface area (Å²) in [5, 5.41) is 0. The highest BCUT2D eigenvalue weighted by Gasteiger charge is 2.46. The number of anilines is 1. The van der Waals surface area contributed by atoms with Crippen molar-refractivity contribution in [2.24, 2.45) is 0 Å². The summed E-state index contributed by atoms with van der Waals surface area (Å²) in [6.07, 6.45) is 2.12. The summed E-state index contributed by atoms with van der Waals surface area (Å²) in [4.78, 5) is 2.52. The van der Waals surface area contributed by atoms with Crippen molar-refractivity contribution in [3.63, 3.8) is 0 Å². The number of para-hydroxylation sites is 1. The van der Waals surface area contributed by atoms with Gasteiger partial charge in [-0.25, -0.2) is 0 Å². The van der Waals surface area contributed by atoms with Crippen LogP contribution in [-0.4, -0.2) is 7.05 Å². The van der Waals surface area contributed by atoms with Crippen LogP contribution in [0.3, 0.4) is 0 Å². The Morgan fingerprint density at radius 2 is 1.38 bits per heavy atom. The summed E-state index contributed by atoms with van der Waals surface area (Å²) in [6.45, 7) is 4.76. The van der Waals surface area contributed by atoms with E-state index in [1.54, 1.807) is 0 Å². The molecule has 0 saturated carbocycles. The lowest BCUT2D eigenvalue weighted by Gasteiger charge is -2.44. The monoisotopic (exact) mass is 341 g/mol. The van der Waals surface area contributed by atoms with Gasteiger partial charge in [0, 0.05) is 19.2 Å². The number of hydrogen-bond acceptors (Lipinski definition) is 1. The van der Waals surface area contributed by atoms with E-state index in [0.717, 1.165) is 12.8 Å². The van der Waals surface area contributed by atoms with E-state index in [2.05, 4.69) is 111 Å². The van der Waals surface area contributed by atoms with Gasteiger partial charge in [0.15, 0.2) is 0 Å².